The van der Waals surface area contributed by atoms with Crippen LogP contribution in [0.25, 0.3) is 55.2 Å². The molecule has 3 heteroatoms. The van der Waals surface area contributed by atoms with E-state index < -0.39 is 0 Å². The average molecular weight is 911 g/mol. The third kappa shape index (κ3) is 13.7. The molecule has 1 aliphatic rings. The van der Waals surface area contributed by atoms with Gasteiger partial charge in [0.15, 0.2) is 0 Å². The molecule has 7 rings (SSSR count). The fraction of sp³-hybridized carbons (Fsp3) is 0.453. The van der Waals surface area contributed by atoms with Crippen LogP contribution in [0.1, 0.15) is 180 Å². The van der Waals surface area contributed by atoms with Gasteiger partial charge >= 0.3 is 0 Å². The molecule has 0 saturated carbocycles. The summed E-state index contributed by atoms with van der Waals surface area (Å²) in [6.07, 6.45) is 28.2. The number of benzene rings is 5. The first-order valence-corrected chi connectivity index (χ1v) is 28.2. The maximum Gasteiger partial charge on any atom is 0.119 e. The molecule has 0 N–H and O–H groups in total. The largest absolute Gasteiger partial charge is 0.494 e. The summed E-state index contributed by atoms with van der Waals surface area (Å²) in [6.45, 7) is 10.8. The Morgan fingerprint density at radius 2 is 0.701 bits per heavy atom. The summed E-state index contributed by atoms with van der Waals surface area (Å²) in [5.41, 5.74) is 13.7. The van der Waals surface area contributed by atoms with Crippen LogP contribution in [0.4, 0.5) is 0 Å². The third-order valence-corrected chi connectivity index (χ3v) is 16.6. The predicted molar refractivity (Wildman–Crippen MR) is 292 cm³/mol. The van der Waals surface area contributed by atoms with E-state index in [9.17, 15) is 0 Å². The van der Waals surface area contributed by atoms with Crippen molar-refractivity contribution in [2.45, 2.75) is 174 Å². The smallest absolute Gasteiger partial charge is 0.119 e. The first-order valence-electron chi connectivity index (χ1n) is 27.0. The third-order valence-electron chi connectivity index (χ3n) is 14.6. The van der Waals surface area contributed by atoms with Gasteiger partial charge in [0.2, 0.25) is 0 Å². The minimum absolute atomic E-state index is 0.0337. The molecule has 0 bridgehead atoms. The van der Waals surface area contributed by atoms with Crippen molar-refractivity contribution in [1.29, 1.82) is 0 Å². The molecule has 0 unspecified atom stereocenters. The highest BCUT2D eigenvalue weighted by Gasteiger charge is 2.42. The summed E-state index contributed by atoms with van der Waals surface area (Å²) in [6, 6.07) is 48.6. The first kappa shape index (κ1) is 50.2. The molecule has 0 saturated heterocycles. The molecule has 0 spiro atoms. The summed E-state index contributed by atoms with van der Waals surface area (Å²) in [4.78, 5) is 0. The topological polar surface area (TPSA) is 18.5 Å². The molecule has 1 aromatic heterocycles. The second kappa shape index (κ2) is 26.7. The molecular weight excluding hydrogens is 829 g/mol. The maximum atomic E-state index is 6.10. The van der Waals surface area contributed by atoms with E-state index in [1.807, 2.05) is 0 Å². The Balaban J connectivity index is 1.09. The van der Waals surface area contributed by atoms with E-state index in [4.69, 9.17) is 9.47 Å². The lowest BCUT2D eigenvalue weighted by Crippen LogP contribution is -2.27. The highest BCUT2D eigenvalue weighted by Crippen LogP contribution is 2.54. The van der Waals surface area contributed by atoms with Gasteiger partial charge in [-0.05, 0) is 122 Å². The Hall–Kier alpha value is -4.73. The van der Waals surface area contributed by atoms with Gasteiger partial charge in [-0.3, -0.25) is 0 Å². The minimum Gasteiger partial charge on any atom is -0.494 e. The van der Waals surface area contributed by atoms with E-state index in [1.54, 1.807) is 10.7 Å². The fourth-order valence-electron chi connectivity index (χ4n) is 10.6. The van der Waals surface area contributed by atoms with Crippen molar-refractivity contribution in [2.75, 3.05) is 13.2 Å². The zero-order valence-corrected chi connectivity index (χ0v) is 43.1. The standard InChI is InChI=1S/C64H82O2Si/c1-5-9-13-17-19-23-47-65-57-38-33-52(34-39-57)50-25-27-54(28-26-50)56-37-42-59-60-43-44-62(67-63(60)64(61(59)49-56,45-21-15-11-7-3)46-22-16-12-8-4)55-31-29-51(30-32-55)53-35-40-58(41-36-53)66-48-24-20-18-14-10-6-2/h25-44,49,67H,5-24,45-48H2,1-4H3. The lowest BCUT2D eigenvalue weighted by Gasteiger charge is -2.33. The molecule has 354 valence electrons. The summed E-state index contributed by atoms with van der Waals surface area (Å²) in [7, 11) is -0.0337. The Kier molecular flexibility index (Phi) is 20.0. The highest BCUT2D eigenvalue weighted by atomic mass is 28.2. The number of ether oxygens (including phenoxy) is 2. The molecule has 6 aromatic rings. The molecule has 0 aliphatic heterocycles. The number of fused-ring (bicyclic) bond motifs is 3. The van der Waals surface area contributed by atoms with E-state index in [-0.39, 0.29) is 14.5 Å². The van der Waals surface area contributed by atoms with Crippen molar-refractivity contribution in [1.82, 2.24) is 0 Å². The van der Waals surface area contributed by atoms with Crippen LogP contribution in [0.3, 0.4) is 0 Å². The monoisotopic (exact) mass is 911 g/mol. The Morgan fingerprint density at radius 3 is 1.16 bits per heavy atom. The van der Waals surface area contributed by atoms with Gasteiger partial charge in [0.1, 0.15) is 11.5 Å². The number of rotatable bonds is 30. The predicted octanol–water partition coefficient (Wildman–Crippen LogP) is 19.1. The first-order chi connectivity index (χ1) is 33.1. The van der Waals surface area contributed by atoms with Gasteiger partial charge in [-0.15, -0.1) is 0 Å². The van der Waals surface area contributed by atoms with Crippen LogP contribution in [0.5, 0.6) is 11.5 Å². The molecule has 0 amide bonds. The maximum absolute atomic E-state index is 6.10. The Labute approximate surface area is 409 Å². The van der Waals surface area contributed by atoms with E-state index in [2.05, 4.69) is 155 Å². The van der Waals surface area contributed by atoms with Crippen LogP contribution in [0.2, 0.25) is 0 Å². The van der Waals surface area contributed by atoms with E-state index in [0.717, 1.165) is 37.6 Å². The van der Waals surface area contributed by atoms with Crippen molar-refractivity contribution in [3.8, 4) is 66.7 Å². The van der Waals surface area contributed by atoms with E-state index in [1.165, 1.54) is 184 Å². The quantitative estimate of drug-likeness (QED) is 0.0331. The van der Waals surface area contributed by atoms with Gasteiger partial charge in [-0.1, -0.05) is 240 Å². The van der Waals surface area contributed by atoms with E-state index >= 15 is 0 Å². The molecule has 5 aromatic carbocycles. The normalized spacial score (nSPS) is 12.5. The van der Waals surface area contributed by atoms with Gasteiger partial charge in [0, 0.05) is 14.5 Å². The van der Waals surface area contributed by atoms with Gasteiger partial charge < -0.3 is 9.47 Å². The van der Waals surface area contributed by atoms with E-state index in [0.29, 0.717) is 0 Å². The molecule has 1 aliphatic carbocycles. The summed E-state index contributed by atoms with van der Waals surface area (Å²) < 4.78 is 12.2. The average Bonchev–Trinajstić information content (AvgIpc) is 3.64. The van der Waals surface area contributed by atoms with Crippen LogP contribution in [-0.4, -0.2) is 22.3 Å². The molecule has 67 heavy (non-hydrogen) atoms. The summed E-state index contributed by atoms with van der Waals surface area (Å²) >= 11 is 0. The molecule has 0 radical (unpaired) electrons. The van der Waals surface area contributed by atoms with Gasteiger partial charge in [0.05, 0.1) is 13.2 Å². The van der Waals surface area contributed by atoms with Crippen LogP contribution in [-0.2, 0) is 5.41 Å². The zero-order valence-electron chi connectivity index (χ0n) is 42.0. The number of hydrogen-bond acceptors (Lipinski definition) is 2. The second-order valence-corrected chi connectivity index (χ2v) is 21.1. The number of hydrogen-bond donors (Lipinski definition) is 0. The van der Waals surface area contributed by atoms with Crippen LogP contribution in [0, 0.1) is 0 Å². The molecule has 0 atom stereocenters. The van der Waals surface area contributed by atoms with Crippen molar-refractivity contribution < 1.29 is 9.47 Å². The lowest BCUT2D eigenvalue weighted by atomic mass is 9.73. The highest BCUT2D eigenvalue weighted by molar-refractivity contribution is 6.44. The van der Waals surface area contributed by atoms with Crippen molar-refractivity contribution in [3.05, 3.63) is 138 Å². The summed E-state index contributed by atoms with van der Waals surface area (Å²) in [5, 5.41) is 3.27. The molecule has 0 fully saturated rings. The minimum atomic E-state index is -0.0337. The van der Waals surface area contributed by atoms with Crippen molar-refractivity contribution >= 4 is 9.12 Å². The Bertz CT molecular complexity index is 2170. The van der Waals surface area contributed by atoms with Gasteiger partial charge in [0.25, 0.3) is 0 Å². The molecular formula is C64H82O2Si. The van der Waals surface area contributed by atoms with Crippen molar-refractivity contribution in [2.24, 2.45) is 0 Å². The van der Waals surface area contributed by atoms with Crippen LogP contribution in [0.15, 0.2) is 127 Å². The number of unbranched alkanes of at least 4 members (excludes halogenated alkanes) is 16. The molecule has 2 nitrogen and oxygen atoms in total. The second-order valence-electron chi connectivity index (χ2n) is 19.7. The fourth-order valence-corrected chi connectivity index (χ4v) is 12.6. The van der Waals surface area contributed by atoms with Crippen LogP contribution >= 0.6 is 0 Å². The van der Waals surface area contributed by atoms with Gasteiger partial charge in [-0.2, -0.15) is 0 Å². The van der Waals surface area contributed by atoms with Crippen LogP contribution < -0.4 is 9.47 Å². The Morgan fingerprint density at radius 1 is 0.343 bits per heavy atom. The summed E-state index contributed by atoms with van der Waals surface area (Å²) in [5.74, 6) is 1.94. The lowest BCUT2D eigenvalue weighted by molar-refractivity contribution is 0.304. The molecule has 1 heterocycles. The van der Waals surface area contributed by atoms with Crippen molar-refractivity contribution in [3.63, 3.8) is 0 Å². The zero-order chi connectivity index (χ0) is 46.5. The SMILES string of the molecule is CCCCCCCCOc1ccc(-c2ccc(-c3ccc4c(c3)C(CCCCCC)(CCCCCC)c3[siH]c(-c5ccc(-c6ccc(OCCCCCCCC)cc6)cc5)ccc3-4)cc2)cc1. The van der Waals surface area contributed by atoms with Gasteiger partial charge in [-0.25, -0.2) is 0 Å².